The Bertz CT molecular complexity index is 187. The van der Waals surface area contributed by atoms with Crippen LogP contribution >= 0.6 is 0 Å². The summed E-state index contributed by atoms with van der Waals surface area (Å²) in [6.45, 7) is 16.9. The van der Waals surface area contributed by atoms with Crippen LogP contribution in [0.25, 0.3) is 0 Å². The van der Waals surface area contributed by atoms with E-state index in [2.05, 4.69) is 59.1 Å². The highest BCUT2D eigenvalue weighted by Crippen LogP contribution is 2.26. The molecule has 15 heavy (non-hydrogen) atoms. The molecule has 0 heterocycles. The quantitative estimate of drug-likeness (QED) is 0.735. The number of hydrogen-bond donors (Lipinski definition) is 2. The molecule has 2 nitrogen and oxygen atoms in total. The molecule has 0 rings (SSSR count). The summed E-state index contributed by atoms with van der Waals surface area (Å²) in [5, 5.41) is 6.96. The monoisotopic (exact) mass is 214 g/mol. The third-order valence-corrected chi connectivity index (χ3v) is 2.66. The van der Waals surface area contributed by atoms with Crippen LogP contribution in [0.3, 0.4) is 0 Å². The van der Waals surface area contributed by atoms with Gasteiger partial charge in [-0.1, -0.05) is 20.8 Å². The van der Waals surface area contributed by atoms with Gasteiger partial charge in [0.25, 0.3) is 0 Å². The van der Waals surface area contributed by atoms with Crippen molar-refractivity contribution in [2.45, 2.75) is 66.0 Å². The maximum absolute atomic E-state index is 3.64. The lowest BCUT2D eigenvalue weighted by atomic mass is 9.81. The van der Waals surface area contributed by atoms with Crippen molar-refractivity contribution < 1.29 is 0 Å². The summed E-state index contributed by atoms with van der Waals surface area (Å²) >= 11 is 0. The van der Waals surface area contributed by atoms with Crippen LogP contribution in [-0.2, 0) is 0 Å². The highest BCUT2D eigenvalue weighted by atomic mass is 15.0. The van der Waals surface area contributed by atoms with E-state index < -0.39 is 0 Å². The normalized spacial score (nSPS) is 14.4. The van der Waals surface area contributed by atoms with Gasteiger partial charge in [0.05, 0.1) is 0 Å². The van der Waals surface area contributed by atoms with Crippen LogP contribution in [0.5, 0.6) is 0 Å². The smallest absolute Gasteiger partial charge is 0.0246 e. The molecule has 0 saturated carbocycles. The summed E-state index contributed by atoms with van der Waals surface area (Å²) in [6.07, 6.45) is 1.18. The molecule has 92 valence electrons. The van der Waals surface area contributed by atoms with Crippen molar-refractivity contribution in [3.63, 3.8) is 0 Å². The SMILES string of the molecule is CNC(C)(C)CNC(C)(C)CC(C)(C)C. The van der Waals surface area contributed by atoms with Gasteiger partial charge in [-0.05, 0) is 46.6 Å². The second-order valence-corrected chi connectivity index (χ2v) is 7.11. The van der Waals surface area contributed by atoms with Gasteiger partial charge in [0.15, 0.2) is 0 Å². The van der Waals surface area contributed by atoms with Gasteiger partial charge in [-0.15, -0.1) is 0 Å². The van der Waals surface area contributed by atoms with Crippen molar-refractivity contribution in [1.82, 2.24) is 10.6 Å². The summed E-state index contributed by atoms with van der Waals surface area (Å²) < 4.78 is 0. The van der Waals surface area contributed by atoms with E-state index in [-0.39, 0.29) is 11.1 Å². The molecule has 2 N–H and O–H groups in total. The molecule has 0 saturated heterocycles. The Balaban J connectivity index is 4.16. The van der Waals surface area contributed by atoms with Crippen molar-refractivity contribution in [1.29, 1.82) is 0 Å². The molecule has 0 aromatic rings. The molecular formula is C13H30N2. The van der Waals surface area contributed by atoms with Crippen LogP contribution in [0.15, 0.2) is 0 Å². The molecule has 0 aromatic heterocycles. The lowest BCUT2D eigenvalue weighted by Gasteiger charge is -2.36. The zero-order valence-corrected chi connectivity index (χ0v) is 11.9. The zero-order chi connectivity index (χ0) is 12.3. The van der Waals surface area contributed by atoms with E-state index in [9.17, 15) is 0 Å². The Morgan fingerprint density at radius 1 is 0.800 bits per heavy atom. The second-order valence-electron chi connectivity index (χ2n) is 7.11. The zero-order valence-electron chi connectivity index (χ0n) is 11.9. The van der Waals surface area contributed by atoms with E-state index >= 15 is 0 Å². The van der Waals surface area contributed by atoms with Gasteiger partial charge in [-0.2, -0.15) is 0 Å². The van der Waals surface area contributed by atoms with Gasteiger partial charge >= 0.3 is 0 Å². The summed E-state index contributed by atoms with van der Waals surface area (Å²) in [4.78, 5) is 0. The summed E-state index contributed by atoms with van der Waals surface area (Å²) in [6, 6.07) is 0. The van der Waals surface area contributed by atoms with Gasteiger partial charge in [0, 0.05) is 17.6 Å². The van der Waals surface area contributed by atoms with Crippen LogP contribution < -0.4 is 10.6 Å². The van der Waals surface area contributed by atoms with E-state index in [1.54, 1.807) is 0 Å². The van der Waals surface area contributed by atoms with Crippen molar-refractivity contribution in [2.75, 3.05) is 13.6 Å². The first-order valence-corrected chi connectivity index (χ1v) is 5.91. The minimum Gasteiger partial charge on any atom is -0.314 e. The second kappa shape index (κ2) is 4.84. The van der Waals surface area contributed by atoms with Gasteiger partial charge in [0.1, 0.15) is 0 Å². The molecule has 0 radical (unpaired) electrons. The molecule has 0 aromatic carbocycles. The van der Waals surface area contributed by atoms with Crippen molar-refractivity contribution in [3.05, 3.63) is 0 Å². The predicted octanol–water partition coefficient (Wildman–Crippen LogP) is 2.79. The molecule has 0 spiro atoms. The lowest BCUT2D eigenvalue weighted by molar-refractivity contribution is 0.224. The fraction of sp³-hybridized carbons (Fsp3) is 1.00. The van der Waals surface area contributed by atoms with Crippen molar-refractivity contribution in [3.8, 4) is 0 Å². The maximum Gasteiger partial charge on any atom is 0.0246 e. The fourth-order valence-electron chi connectivity index (χ4n) is 1.94. The van der Waals surface area contributed by atoms with Gasteiger partial charge in [-0.25, -0.2) is 0 Å². The fourth-order valence-corrected chi connectivity index (χ4v) is 1.94. The third kappa shape index (κ3) is 7.80. The number of rotatable bonds is 5. The molecule has 0 atom stereocenters. The van der Waals surface area contributed by atoms with Crippen molar-refractivity contribution in [2.24, 2.45) is 5.41 Å². The predicted molar refractivity (Wildman–Crippen MR) is 69.3 cm³/mol. The van der Waals surface area contributed by atoms with Crippen LogP contribution in [0.4, 0.5) is 0 Å². The van der Waals surface area contributed by atoms with Crippen LogP contribution in [0.1, 0.15) is 54.9 Å². The topological polar surface area (TPSA) is 24.1 Å². The first kappa shape index (κ1) is 14.9. The first-order chi connectivity index (χ1) is 6.47. The molecule has 0 aliphatic carbocycles. The molecular weight excluding hydrogens is 184 g/mol. The number of hydrogen-bond acceptors (Lipinski definition) is 2. The Morgan fingerprint density at radius 2 is 1.27 bits per heavy atom. The van der Waals surface area contributed by atoms with E-state index in [1.165, 1.54) is 6.42 Å². The molecule has 0 bridgehead atoms. The van der Waals surface area contributed by atoms with Crippen LogP contribution in [-0.4, -0.2) is 24.7 Å². The third-order valence-electron chi connectivity index (χ3n) is 2.66. The van der Waals surface area contributed by atoms with E-state index in [0.29, 0.717) is 5.41 Å². The number of likely N-dealkylation sites (N-methyl/N-ethyl adjacent to an activating group) is 1. The Kier molecular flexibility index (Phi) is 4.81. The molecule has 0 fully saturated rings. The van der Waals surface area contributed by atoms with Crippen LogP contribution in [0, 0.1) is 5.41 Å². The summed E-state index contributed by atoms with van der Waals surface area (Å²) in [5.74, 6) is 0. The maximum atomic E-state index is 3.64. The Morgan fingerprint density at radius 3 is 1.60 bits per heavy atom. The van der Waals surface area contributed by atoms with Gasteiger partial charge < -0.3 is 10.6 Å². The van der Waals surface area contributed by atoms with Crippen molar-refractivity contribution >= 4 is 0 Å². The lowest BCUT2D eigenvalue weighted by Crippen LogP contribution is -2.52. The highest BCUT2D eigenvalue weighted by molar-refractivity contribution is 4.87. The molecule has 0 aliphatic heterocycles. The first-order valence-electron chi connectivity index (χ1n) is 5.91. The van der Waals surface area contributed by atoms with Crippen LogP contribution in [0.2, 0.25) is 0 Å². The molecule has 0 amide bonds. The minimum absolute atomic E-state index is 0.162. The van der Waals surface area contributed by atoms with Gasteiger partial charge in [-0.3, -0.25) is 0 Å². The number of nitrogens with one attached hydrogen (secondary N) is 2. The molecule has 0 aliphatic rings. The van der Waals surface area contributed by atoms with E-state index in [0.717, 1.165) is 6.54 Å². The highest BCUT2D eigenvalue weighted by Gasteiger charge is 2.27. The average Bonchev–Trinajstić information content (AvgIpc) is 1.97. The van der Waals surface area contributed by atoms with E-state index in [1.807, 2.05) is 7.05 Å². The standard InChI is InChI=1S/C13H30N2/c1-11(2,3)9-12(4,5)15-10-13(6,7)14-8/h14-15H,9-10H2,1-8H3. The summed E-state index contributed by atoms with van der Waals surface area (Å²) in [5.41, 5.74) is 0.738. The Hall–Kier alpha value is -0.0800. The van der Waals surface area contributed by atoms with E-state index in [4.69, 9.17) is 0 Å². The average molecular weight is 214 g/mol. The molecule has 0 unspecified atom stereocenters. The largest absolute Gasteiger partial charge is 0.314 e. The summed E-state index contributed by atoms with van der Waals surface area (Å²) in [7, 11) is 2.01. The van der Waals surface area contributed by atoms with Gasteiger partial charge in [0.2, 0.25) is 0 Å². The minimum atomic E-state index is 0.162. The Labute approximate surface area is 96.2 Å². The molecule has 2 heteroatoms.